The van der Waals surface area contributed by atoms with Crippen molar-refractivity contribution in [3.8, 4) is 0 Å². The minimum absolute atomic E-state index is 0.0230. The fraction of sp³-hybridized carbons (Fsp3) is 0.789. The second kappa shape index (κ2) is 6.39. The van der Waals surface area contributed by atoms with E-state index in [-0.39, 0.29) is 22.9 Å². The van der Waals surface area contributed by atoms with Gasteiger partial charge in [0.25, 0.3) is 0 Å². The fourth-order valence-corrected chi connectivity index (χ4v) is 5.17. The molecule has 0 aliphatic heterocycles. The molecule has 0 amide bonds. The normalized spacial score (nSPS) is 37.3. The van der Waals surface area contributed by atoms with Crippen molar-refractivity contribution in [2.45, 2.75) is 72.3 Å². The molecule has 0 aromatic rings. The Kier molecular flexibility index (Phi) is 5.05. The molecule has 2 N–H and O–H groups in total. The smallest absolute Gasteiger partial charge is 0.328 e. The third-order valence-electron chi connectivity index (χ3n) is 6.57. The quantitative estimate of drug-likeness (QED) is 0.776. The fourth-order valence-electron chi connectivity index (χ4n) is 5.17. The van der Waals surface area contributed by atoms with Crippen molar-refractivity contribution in [1.82, 2.24) is 0 Å². The average Bonchev–Trinajstić information content (AvgIpc) is 2.42. The van der Waals surface area contributed by atoms with Crippen molar-refractivity contribution in [3.05, 3.63) is 11.6 Å². The van der Waals surface area contributed by atoms with Crippen molar-refractivity contribution in [2.75, 3.05) is 0 Å². The van der Waals surface area contributed by atoms with Crippen molar-refractivity contribution in [3.63, 3.8) is 0 Å². The molecule has 2 rings (SSSR count). The average molecular weight is 322 g/mol. The Balaban J connectivity index is 2.21. The molecule has 4 atom stereocenters. The molecule has 0 bridgehead atoms. The second-order valence-corrected chi connectivity index (χ2v) is 8.36. The summed E-state index contributed by atoms with van der Waals surface area (Å²) in [6, 6.07) is 0. The maximum atomic E-state index is 12.6. The Morgan fingerprint density at radius 1 is 1.30 bits per heavy atom. The number of carbonyl (C=O) groups excluding carboxylic acids is 1. The first kappa shape index (κ1) is 18.2. The van der Waals surface area contributed by atoms with Gasteiger partial charge in [0.05, 0.1) is 6.10 Å². The van der Waals surface area contributed by atoms with Gasteiger partial charge in [-0.05, 0) is 55.8 Å². The van der Waals surface area contributed by atoms with Gasteiger partial charge >= 0.3 is 5.97 Å². The van der Waals surface area contributed by atoms with Crippen LogP contribution < -0.4 is 0 Å². The van der Waals surface area contributed by atoms with E-state index in [0.717, 1.165) is 24.8 Å². The van der Waals surface area contributed by atoms with Crippen LogP contribution in [0.2, 0.25) is 0 Å². The Labute approximate surface area is 139 Å². The maximum Gasteiger partial charge on any atom is 0.328 e. The number of rotatable bonds is 4. The van der Waals surface area contributed by atoms with E-state index in [4.69, 9.17) is 5.11 Å². The number of allylic oxidation sites excluding steroid dienone is 1. The maximum absolute atomic E-state index is 12.6. The summed E-state index contributed by atoms with van der Waals surface area (Å²) in [4.78, 5) is 23.3. The number of aliphatic hydroxyl groups excluding tert-OH is 1. The predicted octanol–water partition coefficient (Wildman–Crippen LogP) is 3.58. The molecule has 2 fully saturated rings. The number of fused-ring (bicyclic) bond motifs is 1. The molecule has 0 radical (unpaired) electrons. The van der Waals surface area contributed by atoms with E-state index in [1.54, 1.807) is 0 Å². The lowest BCUT2D eigenvalue weighted by atomic mass is 9.47. The lowest BCUT2D eigenvalue weighted by Gasteiger charge is -2.58. The molecule has 0 aromatic heterocycles. The Morgan fingerprint density at radius 3 is 2.57 bits per heavy atom. The predicted molar refractivity (Wildman–Crippen MR) is 89.0 cm³/mol. The SMILES string of the molecule is C/C(=C/C(=O)O)CC[C@@H]1C(=O)CC[C@@H]2C(C)(C)[C@H](O)CC[C@@]12C. The zero-order valence-corrected chi connectivity index (χ0v) is 14.8. The first-order chi connectivity index (χ1) is 10.6. The summed E-state index contributed by atoms with van der Waals surface area (Å²) >= 11 is 0. The molecule has 2 aliphatic rings. The van der Waals surface area contributed by atoms with E-state index in [9.17, 15) is 14.7 Å². The summed E-state index contributed by atoms with van der Waals surface area (Å²) in [6.07, 6.45) is 5.36. The third-order valence-corrected chi connectivity index (χ3v) is 6.57. The molecule has 0 aromatic carbocycles. The van der Waals surface area contributed by atoms with Crippen LogP contribution in [0.15, 0.2) is 11.6 Å². The summed E-state index contributed by atoms with van der Waals surface area (Å²) in [5.74, 6) is -0.294. The minimum atomic E-state index is -0.927. The highest BCUT2D eigenvalue weighted by Crippen LogP contribution is 2.59. The Bertz CT molecular complexity index is 519. The zero-order chi connectivity index (χ0) is 17.4. The highest BCUT2D eigenvalue weighted by molar-refractivity contribution is 5.83. The molecule has 0 spiro atoms. The lowest BCUT2D eigenvalue weighted by molar-refractivity contribution is -0.158. The highest BCUT2D eigenvalue weighted by Gasteiger charge is 2.56. The van der Waals surface area contributed by atoms with Crippen LogP contribution in [0.1, 0.15) is 66.2 Å². The Hall–Kier alpha value is -1.16. The van der Waals surface area contributed by atoms with Crippen LogP contribution in [0.5, 0.6) is 0 Å². The molecule has 0 unspecified atom stereocenters. The van der Waals surface area contributed by atoms with Gasteiger partial charge in [-0.15, -0.1) is 0 Å². The molecule has 2 saturated carbocycles. The molecular weight excluding hydrogens is 292 g/mol. The number of carboxylic acid groups (broad SMARTS) is 1. The van der Waals surface area contributed by atoms with Crippen LogP contribution in [0.4, 0.5) is 0 Å². The summed E-state index contributed by atoms with van der Waals surface area (Å²) in [6.45, 7) is 8.28. The molecule has 130 valence electrons. The number of Topliss-reactive ketones (excluding diaryl/α,β-unsaturated/α-hetero) is 1. The molecule has 2 aliphatic carbocycles. The van der Waals surface area contributed by atoms with Crippen LogP contribution in [-0.4, -0.2) is 28.1 Å². The van der Waals surface area contributed by atoms with Crippen molar-refractivity contribution in [2.24, 2.45) is 22.7 Å². The number of aliphatic hydroxyl groups is 1. The van der Waals surface area contributed by atoms with Gasteiger partial charge in [-0.2, -0.15) is 0 Å². The van der Waals surface area contributed by atoms with Gasteiger partial charge in [-0.25, -0.2) is 4.79 Å². The summed E-state index contributed by atoms with van der Waals surface area (Å²) in [5, 5.41) is 19.2. The number of carboxylic acids is 1. The lowest BCUT2D eigenvalue weighted by Crippen LogP contribution is -2.56. The molecule has 4 heteroatoms. The zero-order valence-electron chi connectivity index (χ0n) is 14.8. The van der Waals surface area contributed by atoms with Gasteiger partial charge in [0.2, 0.25) is 0 Å². The van der Waals surface area contributed by atoms with E-state index in [0.29, 0.717) is 31.0 Å². The first-order valence-electron chi connectivity index (χ1n) is 8.70. The number of ketones is 1. The molecule has 0 heterocycles. The van der Waals surface area contributed by atoms with E-state index in [1.165, 1.54) is 6.08 Å². The van der Waals surface area contributed by atoms with Crippen LogP contribution in [0, 0.1) is 22.7 Å². The van der Waals surface area contributed by atoms with Gasteiger partial charge in [0, 0.05) is 18.4 Å². The summed E-state index contributed by atoms with van der Waals surface area (Å²) in [5.41, 5.74) is 0.561. The monoisotopic (exact) mass is 322 g/mol. The van der Waals surface area contributed by atoms with Crippen LogP contribution in [0.25, 0.3) is 0 Å². The van der Waals surface area contributed by atoms with Crippen molar-refractivity contribution in [1.29, 1.82) is 0 Å². The molecule has 4 nitrogen and oxygen atoms in total. The molecule has 23 heavy (non-hydrogen) atoms. The topological polar surface area (TPSA) is 74.6 Å². The number of hydrogen-bond donors (Lipinski definition) is 2. The van der Waals surface area contributed by atoms with E-state index in [2.05, 4.69) is 20.8 Å². The summed E-state index contributed by atoms with van der Waals surface area (Å²) < 4.78 is 0. The second-order valence-electron chi connectivity index (χ2n) is 8.36. The number of aliphatic carboxylic acids is 1. The minimum Gasteiger partial charge on any atom is -0.478 e. The van der Waals surface area contributed by atoms with Crippen molar-refractivity contribution >= 4 is 11.8 Å². The van der Waals surface area contributed by atoms with Gasteiger partial charge in [-0.3, -0.25) is 4.79 Å². The van der Waals surface area contributed by atoms with Gasteiger partial charge in [-0.1, -0.05) is 26.3 Å². The highest BCUT2D eigenvalue weighted by atomic mass is 16.4. The number of hydrogen-bond acceptors (Lipinski definition) is 3. The van der Waals surface area contributed by atoms with E-state index in [1.807, 2.05) is 6.92 Å². The van der Waals surface area contributed by atoms with Gasteiger partial charge in [0.15, 0.2) is 0 Å². The van der Waals surface area contributed by atoms with Crippen LogP contribution >= 0.6 is 0 Å². The first-order valence-corrected chi connectivity index (χ1v) is 8.70. The van der Waals surface area contributed by atoms with Crippen LogP contribution in [-0.2, 0) is 9.59 Å². The molecule has 0 saturated heterocycles. The largest absolute Gasteiger partial charge is 0.478 e. The van der Waals surface area contributed by atoms with Crippen molar-refractivity contribution < 1.29 is 19.8 Å². The molecular formula is C19H30O4. The third kappa shape index (κ3) is 3.37. The van der Waals surface area contributed by atoms with Crippen LogP contribution in [0.3, 0.4) is 0 Å². The standard InChI is InChI=1S/C19H30O4/c1-12(11-17(22)23)5-6-13-14(20)7-8-15-18(2,3)16(21)9-10-19(13,15)4/h11,13,15-16,21H,5-10H2,1-4H3,(H,22,23)/b12-11-/t13-,15-,16-,19+/m1/s1. The van der Waals surface area contributed by atoms with E-state index >= 15 is 0 Å². The van der Waals surface area contributed by atoms with Gasteiger partial charge < -0.3 is 10.2 Å². The van der Waals surface area contributed by atoms with E-state index < -0.39 is 5.97 Å². The summed E-state index contributed by atoms with van der Waals surface area (Å²) in [7, 11) is 0. The van der Waals surface area contributed by atoms with Gasteiger partial charge in [0.1, 0.15) is 5.78 Å². The Morgan fingerprint density at radius 2 is 1.96 bits per heavy atom. The number of carbonyl (C=O) groups is 2.